The number of carbonyl (C=O) groups excluding carboxylic acids is 1. The van der Waals surface area contributed by atoms with Crippen molar-refractivity contribution in [1.82, 2.24) is 10.2 Å². The number of hydrogen-bond donors (Lipinski definition) is 2. The Labute approximate surface area is 142 Å². The highest BCUT2D eigenvalue weighted by Crippen LogP contribution is 2.36. The number of carbonyl (C=O) groups is 1. The zero-order valence-electron chi connectivity index (χ0n) is 14.2. The first-order valence-electron chi connectivity index (χ1n) is 8.63. The molecule has 1 amide bonds. The number of benzene rings is 1. The third-order valence-corrected chi connectivity index (χ3v) is 4.93. The average Bonchev–Trinajstić information content (AvgIpc) is 3.07. The number of hydrogen-bond acceptors (Lipinski definition) is 5. The second kappa shape index (κ2) is 7.51. The molecule has 6 nitrogen and oxygen atoms in total. The molecule has 0 radical (unpaired) electrons. The van der Waals surface area contributed by atoms with E-state index in [9.17, 15) is 9.90 Å². The zero-order chi connectivity index (χ0) is 17.0. The van der Waals surface area contributed by atoms with Crippen molar-refractivity contribution in [3.8, 4) is 5.75 Å². The van der Waals surface area contributed by atoms with E-state index in [-0.39, 0.29) is 5.91 Å². The molecule has 132 valence electrons. The third kappa shape index (κ3) is 3.55. The second-order valence-electron chi connectivity index (χ2n) is 6.51. The van der Waals surface area contributed by atoms with Crippen LogP contribution in [0.3, 0.4) is 0 Å². The van der Waals surface area contributed by atoms with Crippen LogP contribution in [0, 0.1) is 0 Å². The highest BCUT2D eigenvalue weighted by Gasteiger charge is 2.46. The predicted molar refractivity (Wildman–Crippen MR) is 90.3 cm³/mol. The van der Waals surface area contributed by atoms with Gasteiger partial charge in [-0.2, -0.15) is 0 Å². The van der Waals surface area contributed by atoms with Crippen LogP contribution in [0.5, 0.6) is 5.75 Å². The molecule has 1 aromatic carbocycles. The fourth-order valence-corrected chi connectivity index (χ4v) is 3.49. The van der Waals surface area contributed by atoms with E-state index in [0.29, 0.717) is 44.0 Å². The summed E-state index contributed by atoms with van der Waals surface area (Å²) in [6, 6.07) is 7.22. The van der Waals surface area contributed by atoms with E-state index in [4.69, 9.17) is 9.47 Å². The SMILES string of the molecule is CNCCOc1cccc(C(=O)N2CC[C@@]3(CCCO3)[C@@H](O)C2)c1. The van der Waals surface area contributed by atoms with Crippen molar-refractivity contribution >= 4 is 5.91 Å². The van der Waals surface area contributed by atoms with Gasteiger partial charge in [0.25, 0.3) is 5.91 Å². The van der Waals surface area contributed by atoms with E-state index < -0.39 is 11.7 Å². The number of likely N-dealkylation sites (tertiary alicyclic amines) is 1. The number of amides is 1. The summed E-state index contributed by atoms with van der Waals surface area (Å²) < 4.78 is 11.4. The maximum Gasteiger partial charge on any atom is 0.254 e. The maximum atomic E-state index is 12.7. The molecule has 2 heterocycles. The van der Waals surface area contributed by atoms with Crippen LogP contribution in [-0.2, 0) is 4.74 Å². The number of likely N-dealkylation sites (N-methyl/N-ethyl adjacent to an activating group) is 1. The van der Waals surface area contributed by atoms with E-state index in [1.807, 2.05) is 19.2 Å². The normalized spacial score (nSPS) is 26.8. The number of ether oxygens (including phenoxy) is 2. The Morgan fingerprint density at radius 3 is 3.08 bits per heavy atom. The summed E-state index contributed by atoms with van der Waals surface area (Å²) in [5.41, 5.74) is 0.155. The lowest BCUT2D eigenvalue weighted by molar-refractivity contribution is -0.122. The van der Waals surface area contributed by atoms with E-state index in [1.165, 1.54) is 0 Å². The van der Waals surface area contributed by atoms with Crippen molar-refractivity contribution in [2.75, 3.05) is 39.9 Å². The molecule has 6 heteroatoms. The van der Waals surface area contributed by atoms with E-state index in [0.717, 1.165) is 19.4 Å². The monoisotopic (exact) mass is 334 g/mol. The Bertz CT molecular complexity index is 572. The number of rotatable bonds is 5. The molecule has 2 fully saturated rings. The van der Waals surface area contributed by atoms with E-state index >= 15 is 0 Å². The highest BCUT2D eigenvalue weighted by atomic mass is 16.5. The number of nitrogens with one attached hydrogen (secondary N) is 1. The van der Waals surface area contributed by atoms with Crippen LogP contribution in [0.2, 0.25) is 0 Å². The molecule has 0 unspecified atom stereocenters. The van der Waals surface area contributed by atoms with Gasteiger partial charge in [-0.15, -0.1) is 0 Å². The molecular weight excluding hydrogens is 308 g/mol. The number of nitrogens with zero attached hydrogens (tertiary/aromatic N) is 1. The summed E-state index contributed by atoms with van der Waals surface area (Å²) in [7, 11) is 1.87. The molecule has 2 saturated heterocycles. The minimum absolute atomic E-state index is 0.0686. The van der Waals surface area contributed by atoms with Gasteiger partial charge in [-0.1, -0.05) is 6.07 Å². The molecule has 2 aliphatic heterocycles. The fraction of sp³-hybridized carbons (Fsp3) is 0.611. The first kappa shape index (κ1) is 17.2. The maximum absolute atomic E-state index is 12.7. The van der Waals surface area contributed by atoms with Crippen LogP contribution >= 0.6 is 0 Å². The van der Waals surface area contributed by atoms with Crippen molar-refractivity contribution in [2.24, 2.45) is 0 Å². The van der Waals surface area contributed by atoms with Crippen molar-refractivity contribution in [3.05, 3.63) is 29.8 Å². The topological polar surface area (TPSA) is 71.0 Å². The van der Waals surface area contributed by atoms with Crippen molar-refractivity contribution in [3.63, 3.8) is 0 Å². The summed E-state index contributed by atoms with van der Waals surface area (Å²) >= 11 is 0. The summed E-state index contributed by atoms with van der Waals surface area (Å²) in [6.45, 7) is 2.94. The molecule has 2 N–H and O–H groups in total. The van der Waals surface area contributed by atoms with Crippen LogP contribution in [0.1, 0.15) is 29.6 Å². The van der Waals surface area contributed by atoms with E-state index in [2.05, 4.69) is 5.32 Å². The number of piperidine rings is 1. The van der Waals surface area contributed by atoms with Gasteiger partial charge in [0, 0.05) is 31.8 Å². The van der Waals surface area contributed by atoms with Crippen LogP contribution in [-0.4, -0.2) is 67.5 Å². The molecule has 1 spiro atoms. The summed E-state index contributed by atoms with van der Waals surface area (Å²) in [6.07, 6.45) is 1.94. The zero-order valence-corrected chi connectivity index (χ0v) is 14.2. The van der Waals surface area contributed by atoms with Crippen molar-refractivity contribution in [1.29, 1.82) is 0 Å². The number of aliphatic hydroxyl groups is 1. The van der Waals surface area contributed by atoms with Gasteiger partial charge in [0.2, 0.25) is 0 Å². The van der Waals surface area contributed by atoms with E-state index in [1.54, 1.807) is 17.0 Å². The van der Waals surface area contributed by atoms with Gasteiger partial charge in [0.15, 0.2) is 0 Å². The van der Waals surface area contributed by atoms with Crippen LogP contribution in [0.25, 0.3) is 0 Å². The first-order chi connectivity index (χ1) is 11.6. The second-order valence-corrected chi connectivity index (χ2v) is 6.51. The summed E-state index contributed by atoms with van der Waals surface area (Å²) in [4.78, 5) is 14.4. The van der Waals surface area contributed by atoms with Crippen LogP contribution in [0.15, 0.2) is 24.3 Å². The Balaban J connectivity index is 1.63. The molecule has 2 aliphatic rings. The summed E-state index contributed by atoms with van der Waals surface area (Å²) in [5, 5.41) is 13.5. The molecule has 0 aromatic heterocycles. The molecule has 24 heavy (non-hydrogen) atoms. The quantitative estimate of drug-likeness (QED) is 0.788. The van der Waals surface area contributed by atoms with Crippen molar-refractivity contribution < 1.29 is 19.4 Å². The van der Waals surface area contributed by atoms with Crippen LogP contribution in [0.4, 0.5) is 0 Å². The minimum Gasteiger partial charge on any atom is -0.492 e. The molecule has 0 saturated carbocycles. The average molecular weight is 334 g/mol. The fourth-order valence-electron chi connectivity index (χ4n) is 3.49. The van der Waals surface area contributed by atoms with Gasteiger partial charge < -0.3 is 24.8 Å². The Morgan fingerprint density at radius 2 is 2.38 bits per heavy atom. The molecule has 1 aromatic rings. The molecule has 3 rings (SSSR count). The van der Waals surface area contributed by atoms with Gasteiger partial charge in [0.05, 0.1) is 5.60 Å². The van der Waals surface area contributed by atoms with Gasteiger partial charge in [0.1, 0.15) is 18.5 Å². The lowest BCUT2D eigenvalue weighted by Crippen LogP contribution is -2.56. The van der Waals surface area contributed by atoms with Gasteiger partial charge in [-0.3, -0.25) is 4.79 Å². The van der Waals surface area contributed by atoms with Crippen LogP contribution < -0.4 is 10.1 Å². The lowest BCUT2D eigenvalue weighted by Gasteiger charge is -2.42. The predicted octanol–water partition coefficient (Wildman–Crippen LogP) is 1.04. The van der Waals surface area contributed by atoms with Gasteiger partial charge in [-0.05, 0) is 44.5 Å². The molecule has 2 atom stereocenters. The minimum atomic E-state index is -0.618. The number of β-amino-alcohol motifs (C(OH)–C–C–N with tert-alkyl or cyclic N) is 1. The number of aliphatic hydroxyl groups excluding tert-OH is 1. The smallest absolute Gasteiger partial charge is 0.254 e. The van der Waals surface area contributed by atoms with Gasteiger partial charge >= 0.3 is 0 Å². The van der Waals surface area contributed by atoms with Gasteiger partial charge in [-0.25, -0.2) is 0 Å². The Hall–Kier alpha value is -1.63. The largest absolute Gasteiger partial charge is 0.492 e. The third-order valence-electron chi connectivity index (χ3n) is 4.93. The standard InChI is InChI=1S/C18H26N2O4/c1-19-8-11-23-15-5-2-4-14(12-15)17(22)20-9-7-18(16(21)13-20)6-3-10-24-18/h2,4-5,12,16,19,21H,3,6-11,13H2,1H3/t16-,18-/m0/s1. The Morgan fingerprint density at radius 1 is 1.50 bits per heavy atom. The molecule has 0 aliphatic carbocycles. The highest BCUT2D eigenvalue weighted by molar-refractivity contribution is 5.94. The first-order valence-corrected chi connectivity index (χ1v) is 8.63. The summed E-state index contributed by atoms with van der Waals surface area (Å²) in [5.74, 6) is 0.616. The Kier molecular flexibility index (Phi) is 5.38. The lowest BCUT2D eigenvalue weighted by atomic mass is 9.86. The molecule has 0 bridgehead atoms. The van der Waals surface area contributed by atoms with Crippen molar-refractivity contribution in [2.45, 2.75) is 31.0 Å². The molecular formula is C18H26N2O4.